The predicted molar refractivity (Wildman–Crippen MR) is 76.9 cm³/mol. The van der Waals surface area contributed by atoms with Gasteiger partial charge in [0.15, 0.2) is 0 Å². The zero-order chi connectivity index (χ0) is 12.1. The summed E-state index contributed by atoms with van der Waals surface area (Å²) in [5, 5.41) is 12.6. The Bertz CT molecular complexity index is 420. The van der Waals surface area contributed by atoms with Gasteiger partial charge in [-0.2, -0.15) is 17.0 Å². The highest BCUT2D eigenvalue weighted by molar-refractivity contribution is 7.99. The molecular weight excluding hydrogens is 248 g/mol. The molecule has 0 saturated carbocycles. The molecule has 2 nitrogen and oxygen atoms in total. The third-order valence-corrected chi connectivity index (χ3v) is 4.97. The lowest BCUT2D eigenvalue weighted by atomic mass is 10.1. The summed E-state index contributed by atoms with van der Waals surface area (Å²) < 4.78 is 0. The van der Waals surface area contributed by atoms with Crippen LogP contribution >= 0.6 is 23.5 Å². The van der Waals surface area contributed by atoms with Gasteiger partial charge in [0.05, 0.1) is 11.3 Å². The number of nitrogens with one attached hydrogen (secondary N) is 1. The standard InChI is InChI=1S/C13H16N2S2/c1-16-13-4-2-3-12(11(13)7-14)15-8-10-5-6-17-9-10/h2-4,10,15H,5-6,8-9H2,1H3. The second kappa shape index (κ2) is 6.23. The topological polar surface area (TPSA) is 35.8 Å². The van der Waals surface area contributed by atoms with Crippen molar-refractivity contribution in [1.82, 2.24) is 0 Å². The van der Waals surface area contributed by atoms with E-state index in [0.717, 1.165) is 28.6 Å². The van der Waals surface area contributed by atoms with Crippen molar-refractivity contribution in [2.24, 2.45) is 5.92 Å². The quantitative estimate of drug-likeness (QED) is 0.845. The fourth-order valence-corrected chi connectivity index (χ4v) is 3.82. The Morgan fingerprint density at radius 3 is 3.12 bits per heavy atom. The number of hydrogen-bond donors (Lipinski definition) is 1. The van der Waals surface area contributed by atoms with Crippen LogP contribution in [0, 0.1) is 17.2 Å². The summed E-state index contributed by atoms with van der Waals surface area (Å²) in [4.78, 5) is 1.05. The summed E-state index contributed by atoms with van der Waals surface area (Å²) in [5.74, 6) is 3.28. The molecule has 0 bridgehead atoms. The molecule has 1 aliphatic heterocycles. The Kier molecular flexibility index (Phi) is 4.64. The number of anilines is 1. The van der Waals surface area contributed by atoms with Gasteiger partial charge in [-0.05, 0) is 42.2 Å². The molecule has 1 fully saturated rings. The van der Waals surface area contributed by atoms with Crippen LogP contribution in [0.4, 0.5) is 5.69 Å². The Hall–Kier alpha value is -0.790. The Balaban J connectivity index is 2.07. The van der Waals surface area contributed by atoms with E-state index >= 15 is 0 Å². The first kappa shape index (κ1) is 12.7. The van der Waals surface area contributed by atoms with Gasteiger partial charge in [0.25, 0.3) is 0 Å². The second-order valence-electron chi connectivity index (χ2n) is 4.11. The summed E-state index contributed by atoms with van der Waals surface area (Å²) in [6.45, 7) is 0.986. The molecule has 1 N–H and O–H groups in total. The molecule has 0 radical (unpaired) electrons. The number of nitriles is 1. The van der Waals surface area contributed by atoms with Crippen molar-refractivity contribution in [3.8, 4) is 6.07 Å². The summed E-state index contributed by atoms with van der Waals surface area (Å²) in [6.07, 6.45) is 3.30. The van der Waals surface area contributed by atoms with Crippen LogP contribution < -0.4 is 5.32 Å². The zero-order valence-electron chi connectivity index (χ0n) is 9.90. The van der Waals surface area contributed by atoms with Gasteiger partial charge in [-0.3, -0.25) is 0 Å². The van der Waals surface area contributed by atoms with Crippen LogP contribution in [0.5, 0.6) is 0 Å². The first-order chi connectivity index (χ1) is 8.35. The molecule has 0 spiro atoms. The predicted octanol–water partition coefficient (Wildman–Crippen LogP) is 3.45. The summed E-state index contributed by atoms with van der Waals surface area (Å²) in [6, 6.07) is 8.31. The minimum Gasteiger partial charge on any atom is -0.384 e. The van der Waals surface area contributed by atoms with Crippen molar-refractivity contribution in [3.05, 3.63) is 23.8 Å². The highest BCUT2D eigenvalue weighted by atomic mass is 32.2. The minimum atomic E-state index is 0.754. The molecule has 0 aliphatic carbocycles. The normalized spacial score (nSPS) is 18.9. The van der Waals surface area contributed by atoms with E-state index in [9.17, 15) is 5.26 Å². The van der Waals surface area contributed by atoms with Gasteiger partial charge < -0.3 is 5.32 Å². The number of hydrogen-bond acceptors (Lipinski definition) is 4. The van der Waals surface area contributed by atoms with Crippen LogP contribution in [-0.4, -0.2) is 24.3 Å². The molecule has 1 aromatic carbocycles. The third-order valence-electron chi connectivity index (χ3n) is 2.96. The van der Waals surface area contributed by atoms with E-state index in [2.05, 4.69) is 11.4 Å². The van der Waals surface area contributed by atoms with E-state index in [1.54, 1.807) is 11.8 Å². The molecule has 90 valence electrons. The summed E-state index contributed by atoms with van der Waals surface area (Å²) >= 11 is 3.65. The number of rotatable bonds is 4. The van der Waals surface area contributed by atoms with Crippen LogP contribution in [0.1, 0.15) is 12.0 Å². The highest BCUT2D eigenvalue weighted by Crippen LogP contribution is 2.28. The van der Waals surface area contributed by atoms with Crippen molar-refractivity contribution in [2.75, 3.05) is 29.6 Å². The van der Waals surface area contributed by atoms with E-state index in [1.165, 1.54) is 17.9 Å². The molecule has 0 aromatic heterocycles. The fourth-order valence-electron chi connectivity index (χ4n) is 1.96. The second-order valence-corrected chi connectivity index (χ2v) is 6.10. The minimum absolute atomic E-state index is 0.754. The van der Waals surface area contributed by atoms with Crippen LogP contribution in [0.2, 0.25) is 0 Å². The number of benzene rings is 1. The van der Waals surface area contributed by atoms with Crippen molar-refractivity contribution in [2.45, 2.75) is 11.3 Å². The van der Waals surface area contributed by atoms with Crippen LogP contribution in [0.3, 0.4) is 0 Å². The van der Waals surface area contributed by atoms with Crippen LogP contribution in [0.15, 0.2) is 23.1 Å². The molecule has 4 heteroatoms. The molecule has 1 heterocycles. The first-order valence-electron chi connectivity index (χ1n) is 5.74. The number of thioether (sulfide) groups is 2. The molecule has 1 saturated heterocycles. The average Bonchev–Trinajstić information content (AvgIpc) is 2.88. The average molecular weight is 264 g/mol. The molecule has 1 aromatic rings. The monoisotopic (exact) mass is 264 g/mol. The molecule has 0 amide bonds. The molecule has 1 aliphatic rings. The van der Waals surface area contributed by atoms with E-state index in [1.807, 2.05) is 36.2 Å². The lowest BCUT2D eigenvalue weighted by molar-refractivity contribution is 0.631. The Morgan fingerprint density at radius 2 is 2.47 bits per heavy atom. The molecule has 1 unspecified atom stereocenters. The first-order valence-corrected chi connectivity index (χ1v) is 8.12. The molecule has 1 atom stereocenters. The molecular formula is C13H16N2S2. The highest BCUT2D eigenvalue weighted by Gasteiger charge is 2.16. The lowest BCUT2D eigenvalue weighted by Crippen LogP contribution is -2.14. The third kappa shape index (κ3) is 3.11. The van der Waals surface area contributed by atoms with Crippen molar-refractivity contribution >= 4 is 29.2 Å². The zero-order valence-corrected chi connectivity index (χ0v) is 11.5. The van der Waals surface area contributed by atoms with Gasteiger partial charge in [0.2, 0.25) is 0 Å². The maximum absolute atomic E-state index is 9.21. The maximum atomic E-state index is 9.21. The molecule has 17 heavy (non-hydrogen) atoms. The van der Waals surface area contributed by atoms with E-state index in [4.69, 9.17) is 0 Å². The Morgan fingerprint density at radius 1 is 1.59 bits per heavy atom. The van der Waals surface area contributed by atoms with Crippen LogP contribution in [0.25, 0.3) is 0 Å². The van der Waals surface area contributed by atoms with Crippen molar-refractivity contribution < 1.29 is 0 Å². The van der Waals surface area contributed by atoms with Gasteiger partial charge in [0, 0.05) is 11.4 Å². The summed E-state index contributed by atoms with van der Waals surface area (Å²) in [5.41, 5.74) is 1.77. The van der Waals surface area contributed by atoms with Crippen molar-refractivity contribution in [3.63, 3.8) is 0 Å². The van der Waals surface area contributed by atoms with E-state index < -0.39 is 0 Å². The van der Waals surface area contributed by atoms with Gasteiger partial charge >= 0.3 is 0 Å². The number of nitrogens with zero attached hydrogens (tertiary/aromatic N) is 1. The smallest absolute Gasteiger partial charge is 0.102 e. The Labute approximate surface area is 111 Å². The summed E-state index contributed by atoms with van der Waals surface area (Å²) in [7, 11) is 0. The van der Waals surface area contributed by atoms with Gasteiger partial charge in [-0.15, -0.1) is 11.8 Å². The maximum Gasteiger partial charge on any atom is 0.102 e. The fraction of sp³-hybridized carbons (Fsp3) is 0.462. The van der Waals surface area contributed by atoms with Crippen molar-refractivity contribution in [1.29, 1.82) is 5.26 Å². The van der Waals surface area contributed by atoms with Gasteiger partial charge in [0.1, 0.15) is 6.07 Å². The van der Waals surface area contributed by atoms with Crippen LogP contribution in [-0.2, 0) is 0 Å². The van der Waals surface area contributed by atoms with Gasteiger partial charge in [-0.25, -0.2) is 0 Å². The van der Waals surface area contributed by atoms with E-state index in [-0.39, 0.29) is 0 Å². The molecule has 2 rings (SSSR count). The lowest BCUT2D eigenvalue weighted by Gasteiger charge is -2.13. The van der Waals surface area contributed by atoms with E-state index in [0.29, 0.717) is 0 Å². The van der Waals surface area contributed by atoms with Gasteiger partial charge in [-0.1, -0.05) is 6.07 Å². The SMILES string of the molecule is CSc1cccc(NCC2CCSC2)c1C#N. The largest absolute Gasteiger partial charge is 0.384 e.